The molecule has 1 atom stereocenters. The predicted octanol–water partition coefficient (Wildman–Crippen LogP) is 6.26. The molecule has 4 heterocycles. The Morgan fingerprint density at radius 1 is 1.07 bits per heavy atom. The minimum atomic E-state index is 0.142. The van der Waals surface area contributed by atoms with E-state index in [1.54, 1.807) is 11.3 Å². The molecule has 28 heavy (non-hydrogen) atoms. The monoisotopic (exact) mass is 389 g/mol. The van der Waals surface area contributed by atoms with Gasteiger partial charge in [0, 0.05) is 16.7 Å². The second-order valence-electron chi connectivity index (χ2n) is 8.91. The van der Waals surface area contributed by atoms with E-state index in [1.807, 2.05) is 6.07 Å². The average molecular weight is 390 g/mol. The van der Waals surface area contributed by atoms with Crippen molar-refractivity contribution in [3.8, 4) is 11.1 Å². The topological polar surface area (TPSA) is 20.3 Å². The molecule has 2 aromatic carbocycles. The summed E-state index contributed by atoms with van der Waals surface area (Å²) in [6.45, 7) is 7.08. The first kappa shape index (κ1) is 18.1. The fourth-order valence-corrected chi connectivity index (χ4v) is 6.60. The number of carbonyl (C=O) groups excluding carboxylic acids is 1. The third-order valence-corrected chi connectivity index (χ3v) is 8.37. The Labute approximate surface area is 171 Å². The largest absolute Gasteiger partial charge is 0.298 e. The van der Waals surface area contributed by atoms with Gasteiger partial charge in [0.1, 0.15) is 0 Å². The number of fused-ring (bicyclic) bond motifs is 4. The molecule has 3 aliphatic heterocycles. The lowest BCUT2D eigenvalue weighted by atomic mass is 9.65. The summed E-state index contributed by atoms with van der Waals surface area (Å²) in [5, 5.41) is 1.18. The first-order chi connectivity index (χ1) is 13.5. The molecule has 1 aromatic heterocycles. The van der Waals surface area contributed by atoms with Gasteiger partial charge in [-0.15, -0.1) is 11.3 Å². The predicted molar refractivity (Wildman–Crippen MR) is 118 cm³/mol. The smallest absolute Gasteiger partial charge is 0.173 e. The maximum atomic E-state index is 13.3. The number of hydrogen-bond acceptors (Lipinski definition) is 3. The van der Waals surface area contributed by atoms with Crippen molar-refractivity contribution in [2.24, 2.45) is 11.8 Å². The van der Waals surface area contributed by atoms with Crippen LogP contribution in [0.25, 0.3) is 21.2 Å². The molecule has 0 saturated carbocycles. The van der Waals surface area contributed by atoms with E-state index in [2.05, 4.69) is 67.3 Å². The zero-order valence-corrected chi connectivity index (χ0v) is 17.5. The Morgan fingerprint density at radius 3 is 2.54 bits per heavy atom. The molecule has 3 saturated heterocycles. The van der Waals surface area contributed by atoms with Crippen molar-refractivity contribution in [2.75, 3.05) is 13.1 Å². The summed E-state index contributed by atoms with van der Waals surface area (Å²) in [5.74, 6) is 1.51. The van der Waals surface area contributed by atoms with E-state index >= 15 is 0 Å². The normalized spacial score (nSPS) is 25.9. The van der Waals surface area contributed by atoms with Crippen LogP contribution in [0.15, 0.2) is 54.6 Å². The number of ketones is 1. The van der Waals surface area contributed by atoms with Crippen LogP contribution in [0, 0.1) is 11.8 Å². The van der Waals surface area contributed by atoms with E-state index in [9.17, 15) is 4.79 Å². The first-order valence-corrected chi connectivity index (χ1v) is 11.2. The molecule has 3 aliphatic rings. The van der Waals surface area contributed by atoms with E-state index in [4.69, 9.17) is 0 Å². The van der Waals surface area contributed by atoms with Crippen molar-refractivity contribution in [3.05, 3.63) is 59.5 Å². The number of nitrogens with zero attached hydrogens (tertiary/aromatic N) is 1. The minimum absolute atomic E-state index is 0.142. The van der Waals surface area contributed by atoms with Gasteiger partial charge in [0.25, 0.3) is 0 Å². The Balaban J connectivity index is 1.46. The van der Waals surface area contributed by atoms with Crippen LogP contribution in [0.2, 0.25) is 0 Å². The van der Waals surface area contributed by atoms with Crippen LogP contribution in [0.1, 0.15) is 42.8 Å². The van der Waals surface area contributed by atoms with Crippen molar-refractivity contribution in [3.63, 3.8) is 0 Å². The number of Topliss-reactive ketones (excluding diaryl/α,β-unsaturated/α-hetero) is 1. The highest BCUT2D eigenvalue weighted by Gasteiger charge is 2.48. The molecule has 2 nitrogen and oxygen atoms in total. The molecule has 0 aliphatic carbocycles. The van der Waals surface area contributed by atoms with Gasteiger partial charge in [0.2, 0.25) is 0 Å². The Hall–Kier alpha value is -1.97. The number of thiophene rings is 1. The Morgan fingerprint density at radius 2 is 1.82 bits per heavy atom. The van der Waals surface area contributed by atoms with Crippen LogP contribution in [0.4, 0.5) is 0 Å². The van der Waals surface area contributed by atoms with Crippen LogP contribution in [-0.4, -0.2) is 29.3 Å². The molecular formula is C25H27NOS. The van der Waals surface area contributed by atoms with Gasteiger partial charge < -0.3 is 0 Å². The first-order valence-electron chi connectivity index (χ1n) is 10.4. The molecule has 0 unspecified atom stereocenters. The highest BCUT2D eigenvalue weighted by molar-refractivity contribution is 7.21. The molecule has 0 spiro atoms. The van der Waals surface area contributed by atoms with E-state index in [0.29, 0.717) is 24.0 Å². The highest BCUT2D eigenvalue weighted by atomic mass is 32.1. The van der Waals surface area contributed by atoms with Crippen molar-refractivity contribution < 1.29 is 4.79 Å². The Bertz CT molecular complexity index is 1010. The second-order valence-corrected chi connectivity index (χ2v) is 9.96. The molecular weight excluding hydrogens is 362 g/mol. The van der Waals surface area contributed by atoms with Gasteiger partial charge in [0.15, 0.2) is 5.78 Å². The zero-order chi connectivity index (χ0) is 19.3. The highest BCUT2D eigenvalue weighted by Crippen LogP contribution is 2.46. The van der Waals surface area contributed by atoms with Crippen molar-refractivity contribution >= 4 is 27.2 Å². The average Bonchev–Trinajstić information content (AvgIpc) is 3.16. The molecule has 3 aromatic rings. The summed E-state index contributed by atoms with van der Waals surface area (Å²) in [7, 11) is 0. The SMILES string of the molecule is CC1(C)[C@H](CC(=O)c2cc3cccc(-c4ccccc4)c3s2)C2CCN1CC2. The minimum Gasteiger partial charge on any atom is -0.298 e. The van der Waals surface area contributed by atoms with Crippen molar-refractivity contribution in [1.29, 1.82) is 0 Å². The van der Waals surface area contributed by atoms with Crippen LogP contribution in [0.5, 0.6) is 0 Å². The third kappa shape index (κ3) is 2.92. The summed E-state index contributed by atoms with van der Waals surface area (Å²) in [5.41, 5.74) is 2.58. The molecule has 0 amide bonds. The number of carbonyl (C=O) groups is 1. The maximum Gasteiger partial charge on any atom is 0.173 e. The summed E-state index contributed by atoms with van der Waals surface area (Å²) < 4.78 is 1.23. The molecule has 2 bridgehead atoms. The fraction of sp³-hybridized carbons (Fsp3) is 0.400. The molecule has 3 heteroatoms. The van der Waals surface area contributed by atoms with Gasteiger partial charge in [-0.05, 0) is 74.2 Å². The third-order valence-electron chi connectivity index (χ3n) is 7.14. The lowest BCUT2D eigenvalue weighted by Gasteiger charge is -2.56. The quantitative estimate of drug-likeness (QED) is 0.491. The van der Waals surface area contributed by atoms with Gasteiger partial charge in [-0.25, -0.2) is 0 Å². The Kier molecular flexibility index (Phi) is 4.41. The maximum absolute atomic E-state index is 13.3. The van der Waals surface area contributed by atoms with Crippen molar-refractivity contribution in [2.45, 2.75) is 38.6 Å². The van der Waals surface area contributed by atoms with Crippen LogP contribution < -0.4 is 0 Å². The van der Waals surface area contributed by atoms with Gasteiger partial charge in [0.05, 0.1) is 4.88 Å². The van der Waals surface area contributed by atoms with Gasteiger partial charge in [-0.1, -0.05) is 48.5 Å². The molecule has 0 N–H and O–H groups in total. The van der Waals surface area contributed by atoms with E-state index in [1.165, 1.54) is 47.1 Å². The van der Waals surface area contributed by atoms with Gasteiger partial charge in [-0.3, -0.25) is 9.69 Å². The van der Waals surface area contributed by atoms with E-state index < -0.39 is 0 Å². The number of hydrogen-bond donors (Lipinski definition) is 0. The fourth-order valence-electron chi connectivity index (χ4n) is 5.45. The molecule has 6 rings (SSSR count). The number of benzene rings is 2. The van der Waals surface area contributed by atoms with Crippen LogP contribution in [0.3, 0.4) is 0 Å². The lowest BCUT2D eigenvalue weighted by Crippen LogP contribution is -2.61. The summed E-state index contributed by atoms with van der Waals surface area (Å²) >= 11 is 1.67. The second kappa shape index (κ2) is 6.82. The number of piperidine rings is 3. The molecule has 0 radical (unpaired) electrons. The van der Waals surface area contributed by atoms with E-state index in [-0.39, 0.29) is 5.54 Å². The van der Waals surface area contributed by atoms with Gasteiger partial charge >= 0.3 is 0 Å². The van der Waals surface area contributed by atoms with Crippen LogP contribution >= 0.6 is 11.3 Å². The van der Waals surface area contributed by atoms with Crippen molar-refractivity contribution in [1.82, 2.24) is 4.90 Å². The summed E-state index contributed by atoms with van der Waals surface area (Å²) in [6, 6.07) is 19.0. The van der Waals surface area contributed by atoms with Crippen LogP contribution in [-0.2, 0) is 0 Å². The van der Waals surface area contributed by atoms with E-state index in [0.717, 1.165) is 4.88 Å². The molecule has 3 fully saturated rings. The summed E-state index contributed by atoms with van der Waals surface area (Å²) in [4.78, 5) is 16.8. The summed E-state index contributed by atoms with van der Waals surface area (Å²) in [6.07, 6.45) is 3.19. The number of rotatable bonds is 4. The lowest BCUT2D eigenvalue weighted by molar-refractivity contribution is -0.0643. The molecule has 144 valence electrons. The van der Waals surface area contributed by atoms with Gasteiger partial charge in [-0.2, -0.15) is 0 Å². The standard InChI is InChI=1S/C25H27NOS/c1-25(2)21(18-11-13-26(25)14-12-18)16-22(27)23-15-19-9-6-10-20(24(19)28-23)17-7-4-3-5-8-17/h3-10,15,18,21H,11-14,16H2,1-2H3/t21-/m1/s1. The zero-order valence-electron chi connectivity index (χ0n) is 16.7.